The van der Waals surface area contributed by atoms with Gasteiger partial charge < -0.3 is 30.4 Å². The van der Waals surface area contributed by atoms with E-state index in [1.807, 2.05) is 0 Å². The van der Waals surface area contributed by atoms with Crippen molar-refractivity contribution < 1.29 is 35.1 Å². The topological polar surface area (TPSA) is 139 Å². The van der Waals surface area contributed by atoms with Gasteiger partial charge in [0.2, 0.25) is 5.91 Å². The van der Waals surface area contributed by atoms with Crippen LogP contribution in [0.15, 0.2) is 42.5 Å². The van der Waals surface area contributed by atoms with Crippen LogP contribution in [0, 0.1) is 0 Å². The zero-order valence-corrected chi connectivity index (χ0v) is 14.4. The Morgan fingerprint density at radius 2 is 1.56 bits per heavy atom. The first-order valence-electron chi connectivity index (χ1n) is 7.89. The van der Waals surface area contributed by atoms with Crippen molar-refractivity contribution >= 4 is 18.0 Å². The molecule has 8 heteroatoms. The fourth-order valence-electron chi connectivity index (χ4n) is 2.39. The highest BCUT2D eigenvalue weighted by atomic mass is 16.4. The molecular weight excluding hydrogens is 354 g/mol. The van der Waals surface area contributed by atoms with Crippen LogP contribution in [0.2, 0.25) is 0 Å². The summed E-state index contributed by atoms with van der Waals surface area (Å²) in [5.74, 6) is -3.15. The fourth-order valence-corrected chi connectivity index (χ4v) is 2.39. The maximum atomic E-state index is 12.3. The summed E-state index contributed by atoms with van der Waals surface area (Å²) in [6.45, 7) is 0. The van der Waals surface area contributed by atoms with Crippen molar-refractivity contribution in [3.05, 3.63) is 53.6 Å². The van der Waals surface area contributed by atoms with E-state index < -0.39 is 17.9 Å². The third-order valence-corrected chi connectivity index (χ3v) is 3.99. The van der Waals surface area contributed by atoms with Gasteiger partial charge in [0.1, 0.15) is 6.04 Å². The van der Waals surface area contributed by atoms with Gasteiger partial charge in [-0.15, -0.1) is 0 Å². The largest absolute Gasteiger partial charge is 0.504 e. The van der Waals surface area contributed by atoms with Crippen LogP contribution in [0.3, 0.4) is 0 Å². The van der Waals surface area contributed by atoms with Crippen LogP contribution < -0.4 is 0 Å². The highest BCUT2D eigenvalue weighted by molar-refractivity contribution is 5.94. The van der Waals surface area contributed by atoms with Crippen LogP contribution in [0.1, 0.15) is 11.1 Å². The van der Waals surface area contributed by atoms with Crippen LogP contribution in [0.5, 0.6) is 23.0 Å². The molecule has 2 rings (SSSR count). The molecule has 0 spiro atoms. The van der Waals surface area contributed by atoms with Crippen molar-refractivity contribution in [2.45, 2.75) is 12.5 Å². The standard InChI is InChI=1S/C19H19NO7/c1-20(18(25)7-4-11-2-5-14(21)16(23)9-11)13(19(26)27)8-12-3-6-15(22)17(24)10-12/h2-7,9-10,13,21-24H,8H2,1H3,(H,26,27)/b7-4+/t13-/m1/s1. The zero-order chi connectivity index (χ0) is 20.1. The Balaban J connectivity index is 2.14. The minimum absolute atomic E-state index is 0.0702. The number of likely N-dealkylation sites (N-methyl/N-ethyl adjacent to an activating group) is 1. The first-order chi connectivity index (χ1) is 12.7. The van der Waals surface area contributed by atoms with Gasteiger partial charge in [-0.3, -0.25) is 4.79 Å². The van der Waals surface area contributed by atoms with Crippen molar-refractivity contribution in [3.8, 4) is 23.0 Å². The fraction of sp³-hybridized carbons (Fsp3) is 0.158. The summed E-state index contributed by atoms with van der Waals surface area (Å²) in [5, 5.41) is 47.0. The highest BCUT2D eigenvalue weighted by Gasteiger charge is 2.26. The van der Waals surface area contributed by atoms with Crippen molar-refractivity contribution in [1.29, 1.82) is 0 Å². The van der Waals surface area contributed by atoms with Crippen LogP contribution in [-0.4, -0.2) is 55.4 Å². The molecule has 1 amide bonds. The van der Waals surface area contributed by atoms with E-state index in [0.29, 0.717) is 11.1 Å². The van der Waals surface area contributed by atoms with Gasteiger partial charge in [0, 0.05) is 19.5 Å². The maximum absolute atomic E-state index is 12.3. The molecule has 2 aromatic rings. The summed E-state index contributed by atoms with van der Waals surface area (Å²) >= 11 is 0. The Hall–Kier alpha value is -3.68. The number of phenols is 4. The molecule has 5 N–H and O–H groups in total. The van der Waals surface area contributed by atoms with Crippen LogP contribution in [0.4, 0.5) is 0 Å². The normalized spacial score (nSPS) is 12.0. The van der Waals surface area contributed by atoms with E-state index in [0.717, 1.165) is 11.0 Å². The first kappa shape index (κ1) is 19.6. The number of carboxylic acids is 1. The van der Waals surface area contributed by atoms with Crippen molar-refractivity contribution in [2.24, 2.45) is 0 Å². The maximum Gasteiger partial charge on any atom is 0.326 e. The Bertz CT molecular complexity index is 892. The number of carbonyl (C=O) groups excluding carboxylic acids is 1. The van der Waals surface area contributed by atoms with E-state index in [1.54, 1.807) is 0 Å². The number of amides is 1. The third-order valence-electron chi connectivity index (χ3n) is 3.99. The Morgan fingerprint density at radius 1 is 0.963 bits per heavy atom. The minimum atomic E-state index is -1.23. The molecule has 0 aliphatic carbocycles. The predicted molar refractivity (Wildman–Crippen MR) is 96.5 cm³/mol. The molecule has 0 unspecified atom stereocenters. The molecule has 0 aliphatic rings. The molecule has 0 bridgehead atoms. The molecule has 0 heterocycles. The van der Waals surface area contributed by atoms with Gasteiger partial charge in [0.15, 0.2) is 23.0 Å². The van der Waals surface area contributed by atoms with Gasteiger partial charge in [0.25, 0.3) is 0 Å². The number of aromatic hydroxyl groups is 4. The average Bonchev–Trinajstić information content (AvgIpc) is 2.62. The predicted octanol–water partition coefficient (Wildman–Crippen LogP) is 1.68. The van der Waals surface area contributed by atoms with Gasteiger partial charge in [-0.1, -0.05) is 12.1 Å². The van der Waals surface area contributed by atoms with Gasteiger partial charge in [-0.2, -0.15) is 0 Å². The second-order valence-corrected chi connectivity index (χ2v) is 5.91. The lowest BCUT2D eigenvalue weighted by atomic mass is 10.0. The Labute approximate surface area is 154 Å². The summed E-state index contributed by atoms with van der Waals surface area (Å²) in [6, 6.07) is 6.74. The number of hydrogen-bond donors (Lipinski definition) is 5. The molecule has 0 saturated carbocycles. The Morgan fingerprint density at radius 3 is 2.11 bits per heavy atom. The number of carbonyl (C=O) groups is 2. The monoisotopic (exact) mass is 373 g/mol. The first-order valence-corrected chi connectivity index (χ1v) is 7.89. The van der Waals surface area contributed by atoms with Crippen LogP contribution in [0.25, 0.3) is 6.08 Å². The van der Waals surface area contributed by atoms with Gasteiger partial charge in [-0.25, -0.2) is 4.79 Å². The van der Waals surface area contributed by atoms with Gasteiger partial charge >= 0.3 is 5.97 Å². The van der Waals surface area contributed by atoms with Crippen LogP contribution in [-0.2, 0) is 16.0 Å². The van der Waals surface area contributed by atoms with Gasteiger partial charge in [-0.05, 0) is 41.5 Å². The average molecular weight is 373 g/mol. The van der Waals surface area contributed by atoms with E-state index >= 15 is 0 Å². The number of hydrogen-bond acceptors (Lipinski definition) is 6. The van der Waals surface area contributed by atoms with Crippen molar-refractivity contribution in [3.63, 3.8) is 0 Å². The van der Waals surface area contributed by atoms with E-state index in [-0.39, 0.29) is 29.4 Å². The third kappa shape index (κ3) is 4.91. The molecule has 27 heavy (non-hydrogen) atoms. The molecule has 0 saturated heterocycles. The second-order valence-electron chi connectivity index (χ2n) is 5.91. The zero-order valence-electron chi connectivity index (χ0n) is 14.4. The SMILES string of the molecule is CN(C(=O)/C=C/c1ccc(O)c(O)c1)[C@H](Cc1ccc(O)c(O)c1)C(=O)O. The molecule has 8 nitrogen and oxygen atoms in total. The quantitative estimate of drug-likeness (QED) is 0.383. The number of aliphatic carboxylic acids is 1. The lowest BCUT2D eigenvalue weighted by molar-refractivity contribution is -0.147. The van der Waals surface area contributed by atoms with E-state index in [2.05, 4.69) is 0 Å². The van der Waals surface area contributed by atoms with E-state index in [4.69, 9.17) is 0 Å². The number of phenolic OH excluding ortho intramolecular Hbond substituents is 4. The lowest BCUT2D eigenvalue weighted by Gasteiger charge is -2.24. The smallest absolute Gasteiger partial charge is 0.326 e. The van der Waals surface area contributed by atoms with Crippen molar-refractivity contribution in [2.75, 3.05) is 7.05 Å². The summed E-state index contributed by atoms with van der Waals surface area (Å²) in [7, 11) is 1.33. The molecule has 0 fully saturated rings. The summed E-state index contributed by atoms with van der Waals surface area (Å²) < 4.78 is 0. The molecule has 0 radical (unpaired) electrons. The second kappa shape index (κ2) is 8.13. The number of nitrogens with zero attached hydrogens (tertiary/aromatic N) is 1. The summed E-state index contributed by atoms with van der Waals surface area (Å²) in [6.07, 6.45) is 2.46. The Kier molecular flexibility index (Phi) is 5.92. The number of benzene rings is 2. The van der Waals surface area contributed by atoms with Gasteiger partial charge in [0.05, 0.1) is 0 Å². The van der Waals surface area contributed by atoms with Crippen LogP contribution >= 0.6 is 0 Å². The summed E-state index contributed by atoms with van der Waals surface area (Å²) in [4.78, 5) is 24.9. The lowest BCUT2D eigenvalue weighted by Crippen LogP contribution is -2.43. The molecular formula is C19H19NO7. The molecule has 0 aliphatic heterocycles. The highest BCUT2D eigenvalue weighted by Crippen LogP contribution is 2.26. The van der Waals surface area contributed by atoms with Crippen molar-refractivity contribution in [1.82, 2.24) is 4.90 Å². The number of rotatable bonds is 6. The van der Waals surface area contributed by atoms with E-state index in [1.165, 1.54) is 49.5 Å². The number of carboxylic acid groups (broad SMARTS) is 1. The van der Waals surface area contributed by atoms with E-state index in [9.17, 15) is 35.1 Å². The summed E-state index contributed by atoms with van der Waals surface area (Å²) in [5.41, 5.74) is 0.882. The molecule has 1 atom stereocenters. The molecule has 2 aromatic carbocycles. The minimum Gasteiger partial charge on any atom is -0.504 e. The molecule has 0 aromatic heterocycles. The molecule has 142 valence electrons.